The first-order valence-corrected chi connectivity index (χ1v) is 7.54. The smallest absolute Gasteiger partial charge is 0.413 e. The van der Waals surface area contributed by atoms with Crippen molar-refractivity contribution in [3.8, 4) is 0 Å². The van der Waals surface area contributed by atoms with Crippen LogP contribution in [0.5, 0.6) is 0 Å². The van der Waals surface area contributed by atoms with E-state index < -0.39 is 12.0 Å². The van der Waals surface area contributed by atoms with Crippen LogP contribution in [0.25, 0.3) is 0 Å². The molecule has 1 saturated heterocycles. The summed E-state index contributed by atoms with van der Waals surface area (Å²) in [5, 5.41) is 5.03. The number of rotatable bonds is 4. The van der Waals surface area contributed by atoms with E-state index >= 15 is 0 Å². The second kappa shape index (κ2) is 8.28. The van der Waals surface area contributed by atoms with Crippen molar-refractivity contribution in [1.29, 1.82) is 0 Å². The van der Waals surface area contributed by atoms with E-state index in [4.69, 9.17) is 0 Å². The normalized spacial score (nSPS) is 15.7. The lowest BCUT2D eigenvalue weighted by Crippen LogP contribution is -2.44. The summed E-state index contributed by atoms with van der Waals surface area (Å²) in [4.78, 5) is 36.7. The molecule has 0 atom stereocenters. The predicted octanol–water partition coefficient (Wildman–Crippen LogP) is 1.22. The molecule has 1 aliphatic heterocycles. The molecule has 2 N–H and O–H groups in total. The van der Waals surface area contributed by atoms with Crippen molar-refractivity contribution in [3.63, 3.8) is 0 Å². The number of ether oxygens (including phenoxy) is 1. The van der Waals surface area contributed by atoms with Gasteiger partial charge >= 0.3 is 6.09 Å². The summed E-state index contributed by atoms with van der Waals surface area (Å²) in [6, 6.07) is 9.35. The van der Waals surface area contributed by atoms with Crippen molar-refractivity contribution in [1.82, 2.24) is 10.2 Å². The minimum Gasteiger partial charge on any atom is -0.453 e. The van der Waals surface area contributed by atoms with Gasteiger partial charge in [0, 0.05) is 11.6 Å². The van der Waals surface area contributed by atoms with Gasteiger partial charge in [-0.2, -0.15) is 0 Å². The second-order valence-corrected chi connectivity index (χ2v) is 5.45. The molecular weight excluding hydrogens is 298 g/mol. The van der Waals surface area contributed by atoms with Gasteiger partial charge in [-0.05, 0) is 38.1 Å². The Morgan fingerprint density at radius 3 is 2.43 bits per heavy atom. The number of benzene rings is 1. The molecular formula is C16H21N3O4. The van der Waals surface area contributed by atoms with Crippen molar-refractivity contribution in [3.05, 3.63) is 30.3 Å². The first-order valence-electron chi connectivity index (χ1n) is 7.54. The van der Waals surface area contributed by atoms with Crippen molar-refractivity contribution >= 4 is 23.6 Å². The number of nitrogens with zero attached hydrogens (tertiary/aromatic N) is 1. The van der Waals surface area contributed by atoms with E-state index in [9.17, 15) is 14.4 Å². The lowest BCUT2D eigenvalue weighted by molar-refractivity contribution is -0.122. The highest BCUT2D eigenvalue weighted by atomic mass is 16.5. The number of likely N-dealkylation sites (tertiary alicyclic amines) is 1. The van der Waals surface area contributed by atoms with Crippen molar-refractivity contribution in [2.24, 2.45) is 5.92 Å². The number of carbonyl (C=O) groups excluding carboxylic acids is 3. The van der Waals surface area contributed by atoms with E-state index in [1.165, 1.54) is 7.11 Å². The fraction of sp³-hybridized carbons (Fsp3) is 0.438. The average Bonchev–Trinajstić information content (AvgIpc) is 2.56. The SMILES string of the molecule is COC(=O)NC(=O)CN1CCC(C(=O)Nc2ccccc2)CC1. The molecule has 1 fully saturated rings. The molecule has 1 aromatic rings. The lowest BCUT2D eigenvalue weighted by Gasteiger charge is -2.30. The van der Waals surface area contributed by atoms with Crippen LogP contribution in [-0.2, 0) is 14.3 Å². The van der Waals surface area contributed by atoms with Crippen molar-refractivity contribution in [2.45, 2.75) is 12.8 Å². The number of alkyl carbamates (subject to hydrolysis) is 1. The van der Waals surface area contributed by atoms with Gasteiger partial charge in [0.05, 0.1) is 13.7 Å². The Morgan fingerprint density at radius 1 is 1.17 bits per heavy atom. The van der Waals surface area contributed by atoms with Gasteiger partial charge in [-0.1, -0.05) is 18.2 Å². The minimum absolute atomic E-state index is 0.00913. The maximum absolute atomic E-state index is 12.2. The number of hydrogen-bond acceptors (Lipinski definition) is 5. The van der Waals surface area contributed by atoms with Gasteiger partial charge in [0.1, 0.15) is 0 Å². The Balaban J connectivity index is 1.74. The van der Waals surface area contributed by atoms with Gasteiger partial charge < -0.3 is 10.1 Å². The lowest BCUT2D eigenvalue weighted by atomic mass is 9.96. The zero-order valence-electron chi connectivity index (χ0n) is 13.1. The van der Waals surface area contributed by atoms with Gasteiger partial charge in [-0.3, -0.25) is 19.8 Å². The molecule has 1 aliphatic rings. The summed E-state index contributed by atoms with van der Waals surface area (Å²) in [7, 11) is 1.21. The van der Waals surface area contributed by atoms with Crippen LogP contribution < -0.4 is 10.6 Å². The quantitative estimate of drug-likeness (QED) is 0.871. The summed E-state index contributed by atoms with van der Waals surface area (Å²) in [5.41, 5.74) is 0.789. The number of anilines is 1. The Labute approximate surface area is 135 Å². The van der Waals surface area contributed by atoms with Crippen LogP contribution in [0.3, 0.4) is 0 Å². The van der Waals surface area contributed by atoms with Crippen molar-refractivity contribution < 1.29 is 19.1 Å². The molecule has 3 amide bonds. The molecule has 0 spiro atoms. The van der Waals surface area contributed by atoms with E-state index in [2.05, 4.69) is 15.4 Å². The Hall–Kier alpha value is -2.41. The van der Waals surface area contributed by atoms with Crippen LogP contribution in [0.4, 0.5) is 10.5 Å². The molecule has 0 aromatic heterocycles. The summed E-state index contributed by atoms with van der Waals surface area (Å²) < 4.78 is 4.37. The van der Waals surface area contributed by atoms with Crippen LogP contribution in [0.1, 0.15) is 12.8 Å². The molecule has 0 radical (unpaired) electrons. The molecule has 0 unspecified atom stereocenters. The number of hydrogen-bond donors (Lipinski definition) is 2. The molecule has 1 aromatic carbocycles. The first kappa shape index (κ1) is 17.0. The molecule has 23 heavy (non-hydrogen) atoms. The standard InChI is InChI=1S/C16H21N3O4/c1-23-16(22)18-14(20)11-19-9-7-12(8-10-19)15(21)17-13-5-3-2-4-6-13/h2-6,12H,7-11H2,1H3,(H,17,21)(H,18,20,22). The number of methoxy groups -OCH3 is 1. The Bertz CT molecular complexity index is 554. The summed E-state index contributed by atoms with van der Waals surface area (Å²) >= 11 is 0. The number of para-hydroxylation sites is 1. The van der Waals surface area contributed by atoms with E-state index in [0.717, 1.165) is 5.69 Å². The average molecular weight is 319 g/mol. The van der Waals surface area contributed by atoms with Gasteiger partial charge in [0.15, 0.2) is 0 Å². The maximum atomic E-state index is 12.2. The molecule has 7 heteroatoms. The zero-order chi connectivity index (χ0) is 16.7. The number of piperidine rings is 1. The highest BCUT2D eigenvalue weighted by molar-refractivity contribution is 5.93. The van der Waals surface area contributed by atoms with Gasteiger partial charge in [0.2, 0.25) is 11.8 Å². The third kappa shape index (κ3) is 5.37. The topological polar surface area (TPSA) is 87.7 Å². The summed E-state index contributed by atoms with van der Waals surface area (Å²) in [6.07, 6.45) is 0.612. The minimum atomic E-state index is -0.757. The van der Waals surface area contributed by atoms with E-state index in [1.54, 1.807) is 0 Å². The monoisotopic (exact) mass is 319 g/mol. The molecule has 1 heterocycles. The number of amides is 3. The zero-order valence-corrected chi connectivity index (χ0v) is 13.1. The van der Waals surface area contributed by atoms with Crippen LogP contribution in [-0.4, -0.2) is 49.6 Å². The number of imide groups is 1. The van der Waals surface area contributed by atoms with E-state index in [-0.39, 0.29) is 18.4 Å². The summed E-state index contributed by atoms with van der Waals surface area (Å²) in [5.74, 6) is -0.450. The maximum Gasteiger partial charge on any atom is 0.413 e. The second-order valence-electron chi connectivity index (χ2n) is 5.45. The Kier molecular flexibility index (Phi) is 6.10. The number of carbonyl (C=O) groups is 3. The Morgan fingerprint density at radius 2 is 1.83 bits per heavy atom. The fourth-order valence-electron chi connectivity index (χ4n) is 2.53. The predicted molar refractivity (Wildman–Crippen MR) is 84.8 cm³/mol. The molecule has 0 bridgehead atoms. The highest BCUT2D eigenvalue weighted by Crippen LogP contribution is 2.19. The van der Waals surface area contributed by atoms with Crippen LogP contribution in [0, 0.1) is 5.92 Å². The molecule has 124 valence electrons. The fourth-order valence-corrected chi connectivity index (χ4v) is 2.53. The summed E-state index contributed by atoms with van der Waals surface area (Å²) in [6.45, 7) is 1.41. The molecule has 2 rings (SSSR count). The largest absolute Gasteiger partial charge is 0.453 e. The van der Waals surface area contributed by atoms with Gasteiger partial charge in [0.25, 0.3) is 0 Å². The van der Waals surface area contributed by atoms with Crippen LogP contribution >= 0.6 is 0 Å². The van der Waals surface area contributed by atoms with E-state index in [0.29, 0.717) is 25.9 Å². The van der Waals surface area contributed by atoms with Crippen molar-refractivity contribution in [2.75, 3.05) is 32.1 Å². The molecule has 0 aliphatic carbocycles. The first-order chi connectivity index (χ1) is 11.1. The third-order valence-corrected chi connectivity index (χ3v) is 3.79. The van der Waals surface area contributed by atoms with Gasteiger partial charge in [-0.25, -0.2) is 4.79 Å². The van der Waals surface area contributed by atoms with Gasteiger partial charge in [-0.15, -0.1) is 0 Å². The van der Waals surface area contributed by atoms with E-state index in [1.807, 2.05) is 35.2 Å². The molecule has 0 saturated carbocycles. The molecule has 7 nitrogen and oxygen atoms in total. The number of nitrogens with one attached hydrogen (secondary N) is 2. The third-order valence-electron chi connectivity index (χ3n) is 3.79. The van der Waals surface area contributed by atoms with Crippen LogP contribution in [0.15, 0.2) is 30.3 Å². The highest BCUT2D eigenvalue weighted by Gasteiger charge is 2.26. The van der Waals surface area contributed by atoms with Crippen LogP contribution in [0.2, 0.25) is 0 Å².